The molecule has 0 unspecified atom stereocenters. The fourth-order valence-electron chi connectivity index (χ4n) is 1.54. The van der Waals surface area contributed by atoms with Crippen molar-refractivity contribution in [2.24, 2.45) is 0 Å². The molecule has 0 spiro atoms. The summed E-state index contributed by atoms with van der Waals surface area (Å²) in [6.07, 6.45) is 3.56. The zero-order valence-electron chi connectivity index (χ0n) is 10.7. The Kier molecular flexibility index (Phi) is 3.71. The lowest BCUT2D eigenvalue weighted by molar-refractivity contribution is 0.629. The molecule has 0 bridgehead atoms. The van der Waals surface area contributed by atoms with E-state index in [2.05, 4.69) is 35.4 Å². The minimum atomic E-state index is -0.274. The van der Waals surface area contributed by atoms with Gasteiger partial charge in [-0.05, 0) is 38.3 Å². The molecule has 2 rings (SSSR count). The highest BCUT2D eigenvalue weighted by Crippen LogP contribution is 2.24. The molecule has 5 heteroatoms. The molecule has 0 amide bonds. The van der Waals surface area contributed by atoms with Crippen molar-refractivity contribution in [2.75, 3.05) is 18.1 Å². The molecule has 0 fully saturated rings. The summed E-state index contributed by atoms with van der Waals surface area (Å²) in [5.74, 6) is 0.408. The number of halogens is 1. The van der Waals surface area contributed by atoms with Gasteiger partial charge < -0.3 is 5.32 Å². The van der Waals surface area contributed by atoms with E-state index in [1.807, 2.05) is 0 Å². The smallest absolute Gasteiger partial charge is 0.137 e. The Morgan fingerprint density at radius 2 is 2.11 bits per heavy atom. The zero-order valence-corrected chi connectivity index (χ0v) is 11.5. The second kappa shape index (κ2) is 5.10. The maximum Gasteiger partial charge on any atom is 0.137 e. The van der Waals surface area contributed by atoms with Crippen molar-refractivity contribution in [1.29, 1.82) is 0 Å². The summed E-state index contributed by atoms with van der Waals surface area (Å²) in [5.41, 5.74) is 0.746. The molecular formula is C13H16FN3S. The number of fused-ring (bicyclic) bond motifs is 1. The Balaban J connectivity index is 2.30. The third kappa shape index (κ3) is 2.90. The quantitative estimate of drug-likeness (QED) is 0.920. The van der Waals surface area contributed by atoms with Crippen LogP contribution in [0.3, 0.4) is 0 Å². The molecule has 1 aromatic heterocycles. The van der Waals surface area contributed by atoms with Crippen LogP contribution < -0.4 is 5.32 Å². The van der Waals surface area contributed by atoms with Gasteiger partial charge in [-0.3, -0.25) is 0 Å². The lowest BCUT2D eigenvalue weighted by Crippen LogP contribution is -2.26. The predicted molar refractivity (Wildman–Crippen MR) is 75.6 cm³/mol. The zero-order chi connectivity index (χ0) is 13.2. The molecule has 1 heterocycles. The maximum absolute atomic E-state index is 13.3. The summed E-state index contributed by atoms with van der Waals surface area (Å²) in [5, 5.41) is 3.98. The first-order valence-corrected chi connectivity index (χ1v) is 6.93. The SMILES string of the molecule is CSC(C)(C)CNc1ncnc2ccc(F)cc12. The highest BCUT2D eigenvalue weighted by Gasteiger charge is 2.16. The largest absolute Gasteiger partial charge is 0.368 e. The Bertz CT molecular complexity index is 557. The molecule has 0 aliphatic heterocycles. The molecule has 96 valence electrons. The number of nitrogens with zero attached hydrogens (tertiary/aromatic N) is 2. The van der Waals surface area contributed by atoms with Gasteiger partial charge >= 0.3 is 0 Å². The number of benzene rings is 1. The Hall–Kier alpha value is -1.36. The maximum atomic E-state index is 13.3. The van der Waals surface area contributed by atoms with Gasteiger partial charge in [0.1, 0.15) is 18.0 Å². The monoisotopic (exact) mass is 265 g/mol. The van der Waals surface area contributed by atoms with Crippen molar-refractivity contribution in [3.05, 3.63) is 30.3 Å². The molecule has 0 atom stereocenters. The highest BCUT2D eigenvalue weighted by molar-refractivity contribution is 7.99. The van der Waals surface area contributed by atoms with Crippen molar-refractivity contribution in [1.82, 2.24) is 9.97 Å². The van der Waals surface area contributed by atoms with E-state index in [1.54, 1.807) is 17.8 Å². The average Bonchev–Trinajstić information content (AvgIpc) is 2.36. The average molecular weight is 265 g/mol. The Morgan fingerprint density at radius 3 is 2.83 bits per heavy atom. The molecule has 2 aromatic rings. The molecule has 1 N–H and O–H groups in total. The minimum Gasteiger partial charge on any atom is -0.368 e. The third-order valence-corrected chi connectivity index (χ3v) is 4.08. The van der Waals surface area contributed by atoms with E-state index in [0.717, 1.165) is 17.4 Å². The van der Waals surface area contributed by atoms with Gasteiger partial charge in [0.2, 0.25) is 0 Å². The first kappa shape index (κ1) is 13.1. The van der Waals surface area contributed by atoms with E-state index in [1.165, 1.54) is 18.5 Å². The molecule has 0 aliphatic carbocycles. The van der Waals surface area contributed by atoms with Crippen LogP contribution in [0.2, 0.25) is 0 Å². The number of anilines is 1. The van der Waals surface area contributed by atoms with Crippen LogP contribution in [0.4, 0.5) is 10.2 Å². The molecule has 3 nitrogen and oxygen atoms in total. The van der Waals surface area contributed by atoms with E-state index >= 15 is 0 Å². The number of hydrogen-bond acceptors (Lipinski definition) is 4. The van der Waals surface area contributed by atoms with Gasteiger partial charge in [-0.2, -0.15) is 11.8 Å². The molecule has 1 aromatic carbocycles. The summed E-state index contributed by atoms with van der Waals surface area (Å²) in [4.78, 5) is 8.31. The Morgan fingerprint density at radius 1 is 1.33 bits per heavy atom. The summed E-state index contributed by atoms with van der Waals surface area (Å²) in [7, 11) is 0. The summed E-state index contributed by atoms with van der Waals surface area (Å²) < 4.78 is 13.4. The number of aromatic nitrogens is 2. The fraction of sp³-hybridized carbons (Fsp3) is 0.385. The number of rotatable bonds is 4. The molecule has 0 radical (unpaired) electrons. The van der Waals surface area contributed by atoms with E-state index in [9.17, 15) is 4.39 Å². The Labute approximate surface area is 110 Å². The van der Waals surface area contributed by atoms with Gasteiger partial charge in [-0.25, -0.2) is 14.4 Å². The van der Waals surface area contributed by atoms with Gasteiger partial charge in [0.15, 0.2) is 0 Å². The van der Waals surface area contributed by atoms with Gasteiger partial charge in [0, 0.05) is 16.7 Å². The number of hydrogen-bond donors (Lipinski definition) is 1. The molecule has 0 saturated heterocycles. The molecule has 18 heavy (non-hydrogen) atoms. The van der Waals surface area contributed by atoms with Crippen LogP contribution in [0.1, 0.15) is 13.8 Å². The van der Waals surface area contributed by atoms with Gasteiger partial charge in [0.25, 0.3) is 0 Å². The number of thioether (sulfide) groups is 1. The third-order valence-electron chi connectivity index (χ3n) is 2.83. The lowest BCUT2D eigenvalue weighted by atomic mass is 10.2. The van der Waals surface area contributed by atoms with Crippen molar-refractivity contribution in [3.63, 3.8) is 0 Å². The molecular weight excluding hydrogens is 249 g/mol. The van der Waals surface area contributed by atoms with Gasteiger partial charge in [0.05, 0.1) is 5.52 Å². The van der Waals surface area contributed by atoms with Crippen molar-refractivity contribution >= 4 is 28.5 Å². The second-order valence-corrected chi connectivity index (χ2v) is 6.21. The van der Waals surface area contributed by atoms with E-state index in [4.69, 9.17) is 0 Å². The van der Waals surface area contributed by atoms with E-state index in [-0.39, 0.29) is 10.6 Å². The van der Waals surface area contributed by atoms with E-state index in [0.29, 0.717) is 5.82 Å². The van der Waals surface area contributed by atoms with Crippen molar-refractivity contribution < 1.29 is 4.39 Å². The topological polar surface area (TPSA) is 37.8 Å². The summed E-state index contributed by atoms with van der Waals surface area (Å²) in [6, 6.07) is 4.53. The van der Waals surface area contributed by atoms with Crippen LogP contribution in [0, 0.1) is 5.82 Å². The van der Waals surface area contributed by atoms with Gasteiger partial charge in [-0.1, -0.05) is 0 Å². The van der Waals surface area contributed by atoms with Gasteiger partial charge in [-0.15, -0.1) is 0 Å². The van der Waals surface area contributed by atoms with E-state index < -0.39 is 0 Å². The van der Waals surface area contributed by atoms with Crippen LogP contribution in [0.5, 0.6) is 0 Å². The second-order valence-electron chi connectivity index (χ2n) is 4.70. The first-order valence-electron chi connectivity index (χ1n) is 5.71. The molecule has 0 saturated carbocycles. The van der Waals surface area contributed by atoms with Crippen molar-refractivity contribution in [3.8, 4) is 0 Å². The first-order chi connectivity index (χ1) is 8.52. The lowest BCUT2D eigenvalue weighted by Gasteiger charge is -2.22. The normalized spacial score (nSPS) is 11.8. The number of nitrogens with one attached hydrogen (secondary N) is 1. The van der Waals surface area contributed by atoms with Crippen LogP contribution in [-0.4, -0.2) is 27.5 Å². The van der Waals surface area contributed by atoms with Crippen molar-refractivity contribution in [2.45, 2.75) is 18.6 Å². The highest BCUT2D eigenvalue weighted by atomic mass is 32.2. The summed E-state index contributed by atoms with van der Waals surface area (Å²) in [6.45, 7) is 5.06. The summed E-state index contributed by atoms with van der Waals surface area (Å²) >= 11 is 1.77. The minimum absolute atomic E-state index is 0.102. The molecule has 0 aliphatic rings. The van der Waals surface area contributed by atoms with Crippen LogP contribution in [0.25, 0.3) is 10.9 Å². The predicted octanol–water partition coefficient (Wildman–Crippen LogP) is 3.32. The van der Waals surface area contributed by atoms with Crippen LogP contribution >= 0.6 is 11.8 Å². The standard InChI is InChI=1S/C13H16FN3S/c1-13(2,18-3)7-15-12-10-6-9(14)4-5-11(10)16-8-17-12/h4-6,8H,7H2,1-3H3,(H,15,16,17). The fourth-order valence-corrected chi connectivity index (χ4v) is 1.75. The van der Waals surface area contributed by atoms with Crippen LogP contribution in [0.15, 0.2) is 24.5 Å². The van der Waals surface area contributed by atoms with Crippen LogP contribution in [-0.2, 0) is 0 Å².